The number of nitrogens with one attached hydrogen (secondary N) is 1. The number of benzene rings is 1. The molecule has 1 aromatic carbocycles. The van der Waals surface area contributed by atoms with Gasteiger partial charge in [-0.3, -0.25) is 0 Å². The van der Waals surface area contributed by atoms with E-state index in [9.17, 15) is 4.79 Å². The third-order valence-corrected chi connectivity index (χ3v) is 2.42. The molecule has 4 nitrogen and oxygen atoms in total. The fourth-order valence-electron chi connectivity index (χ4n) is 1.69. The summed E-state index contributed by atoms with van der Waals surface area (Å²) in [5.74, 6) is -0.464. The second-order valence-electron chi connectivity index (χ2n) is 3.48. The van der Waals surface area contributed by atoms with Gasteiger partial charge in [0.1, 0.15) is 16.9 Å². The average molecular weight is 219 g/mol. The van der Waals surface area contributed by atoms with Crippen LogP contribution < -0.4 is 5.32 Å². The Kier molecular flexibility index (Phi) is 2.92. The lowest BCUT2D eigenvalue weighted by Crippen LogP contribution is -2.13. The normalized spacial score (nSPS) is 10.8. The maximum Gasteiger partial charge on any atom is 0.339 e. The maximum atomic E-state index is 11.2. The summed E-state index contributed by atoms with van der Waals surface area (Å²) < 4.78 is 5.52. The number of carboxylic acids is 1. The van der Waals surface area contributed by atoms with E-state index in [2.05, 4.69) is 5.32 Å². The smallest absolute Gasteiger partial charge is 0.339 e. The molecule has 0 aliphatic rings. The Morgan fingerprint density at radius 2 is 2.19 bits per heavy atom. The first-order valence-electron chi connectivity index (χ1n) is 5.18. The van der Waals surface area contributed by atoms with Crippen molar-refractivity contribution in [2.24, 2.45) is 0 Å². The van der Waals surface area contributed by atoms with Gasteiger partial charge in [0.15, 0.2) is 0 Å². The summed E-state index contributed by atoms with van der Waals surface area (Å²) in [5, 5.41) is 12.9. The molecule has 0 bridgehead atoms. The first-order valence-corrected chi connectivity index (χ1v) is 5.18. The van der Waals surface area contributed by atoms with Crippen LogP contribution in [0.4, 0.5) is 0 Å². The second kappa shape index (κ2) is 4.37. The summed E-state index contributed by atoms with van der Waals surface area (Å²) in [7, 11) is 0. The van der Waals surface area contributed by atoms with Crippen LogP contribution in [0.2, 0.25) is 0 Å². The SMILES string of the molecule is CCNCc1oc2ccccc2c1C(=O)O. The van der Waals surface area contributed by atoms with Gasteiger partial charge in [0.25, 0.3) is 0 Å². The Balaban J connectivity index is 2.54. The van der Waals surface area contributed by atoms with Gasteiger partial charge in [-0.25, -0.2) is 4.79 Å². The van der Waals surface area contributed by atoms with Gasteiger partial charge in [-0.05, 0) is 12.6 Å². The molecule has 2 N–H and O–H groups in total. The summed E-state index contributed by atoms with van der Waals surface area (Å²) in [5.41, 5.74) is 0.879. The number of para-hydroxylation sites is 1. The molecule has 0 aliphatic carbocycles. The Morgan fingerprint density at radius 3 is 2.88 bits per heavy atom. The molecule has 2 rings (SSSR count). The van der Waals surface area contributed by atoms with E-state index in [1.165, 1.54) is 0 Å². The summed E-state index contributed by atoms with van der Waals surface area (Å²) in [6, 6.07) is 7.17. The highest BCUT2D eigenvalue weighted by Gasteiger charge is 2.18. The molecule has 0 atom stereocenters. The molecule has 0 radical (unpaired) electrons. The number of carbonyl (C=O) groups is 1. The topological polar surface area (TPSA) is 62.5 Å². The van der Waals surface area contributed by atoms with Gasteiger partial charge in [0, 0.05) is 5.39 Å². The van der Waals surface area contributed by atoms with Crippen LogP contribution in [0.15, 0.2) is 28.7 Å². The number of hydrogen-bond acceptors (Lipinski definition) is 3. The van der Waals surface area contributed by atoms with Crippen molar-refractivity contribution in [1.29, 1.82) is 0 Å². The number of hydrogen-bond donors (Lipinski definition) is 2. The zero-order chi connectivity index (χ0) is 11.5. The van der Waals surface area contributed by atoms with Gasteiger partial charge < -0.3 is 14.8 Å². The third-order valence-electron chi connectivity index (χ3n) is 2.42. The Bertz CT molecular complexity index is 516. The van der Waals surface area contributed by atoms with Crippen molar-refractivity contribution in [3.8, 4) is 0 Å². The van der Waals surface area contributed by atoms with Crippen LogP contribution in [0.5, 0.6) is 0 Å². The third kappa shape index (κ3) is 1.79. The number of aromatic carboxylic acids is 1. The minimum absolute atomic E-state index is 0.261. The molecule has 0 saturated heterocycles. The average Bonchev–Trinajstić information content (AvgIpc) is 2.64. The Morgan fingerprint density at radius 1 is 1.44 bits per heavy atom. The first-order chi connectivity index (χ1) is 7.74. The van der Waals surface area contributed by atoms with Gasteiger partial charge in [-0.1, -0.05) is 25.1 Å². The van der Waals surface area contributed by atoms with Gasteiger partial charge in [0.05, 0.1) is 6.54 Å². The zero-order valence-electron chi connectivity index (χ0n) is 8.99. The number of carboxylic acid groups (broad SMARTS) is 1. The van der Waals surface area contributed by atoms with E-state index < -0.39 is 5.97 Å². The summed E-state index contributed by atoms with van der Waals surface area (Å²) >= 11 is 0. The molecular weight excluding hydrogens is 206 g/mol. The molecule has 0 fully saturated rings. The number of fused-ring (bicyclic) bond motifs is 1. The molecular formula is C12H13NO3. The number of furan rings is 1. The fourth-order valence-corrected chi connectivity index (χ4v) is 1.69. The second-order valence-corrected chi connectivity index (χ2v) is 3.48. The predicted molar refractivity (Wildman–Crippen MR) is 60.6 cm³/mol. The largest absolute Gasteiger partial charge is 0.478 e. The molecule has 16 heavy (non-hydrogen) atoms. The van der Waals surface area contributed by atoms with E-state index in [1.54, 1.807) is 18.2 Å². The molecule has 1 aromatic heterocycles. The lowest BCUT2D eigenvalue weighted by atomic mass is 10.1. The highest BCUT2D eigenvalue weighted by atomic mass is 16.4. The summed E-state index contributed by atoms with van der Waals surface area (Å²) in [4.78, 5) is 11.2. The van der Waals surface area contributed by atoms with Crippen molar-refractivity contribution in [2.45, 2.75) is 13.5 Å². The molecule has 0 aliphatic heterocycles. The van der Waals surface area contributed by atoms with Crippen molar-refractivity contribution < 1.29 is 14.3 Å². The molecule has 1 heterocycles. The van der Waals surface area contributed by atoms with Crippen LogP contribution >= 0.6 is 0 Å². The van der Waals surface area contributed by atoms with Crippen molar-refractivity contribution >= 4 is 16.9 Å². The van der Waals surface area contributed by atoms with Crippen LogP contribution in [0.3, 0.4) is 0 Å². The molecule has 0 spiro atoms. The van der Waals surface area contributed by atoms with E-state index >= 15 is 0 Å². The van der Waals surface area contributed by atoms with Crippen LogP contribution in [-0.4, -0.2) is 17.6 Å². The first kappa shape index (κ1) is 10.7. The van der Waals surface area contributed by atoms with Crippen LogP contribution in [0.1, 0.15) is 23.0 Å². The Hall–Kier alpha value is -1.81. The van der Waals surface area contributed by atoms with E-state index in [0.29, 0.717) is 23.3 Å². The quantitative estimate of drug-likeness (QED) is 0.827. The van der Waals surface area contributed by atoms with Crippen molar-refractivity contribution in [1.82, 2.24) is 5.32 Å². The monoisotopic (exact) mass is 219 g/mol. The standard InChI is InChI=1S/C12H13NO3/c1-2-13-7-10-11(12(14)15)8-5-3-4-6-9(8)16-10/h3-6,13H,2,7H2,1H3,(H,14,15). The zero-order valence-corrected chi connectivity index (χ0v) is 8.99. The maximum absolute atomic E-state index is 11.2. The molecule has 4 heteroatoms. The predicted octanol–water partition coefficient (Wildman–Crippen LogP) is 2.24. The highest BCUT2D eigenvalue weighted by molar-refractivity contribution is 6.03. The minimum atomic E-state index is -0.946. The van der Waals surface area contributed by atoms with Crippen molar-refractivity contribution in [3.63, 3.8) is 0 Å². The van der Waals surface area contributed by atoms with E-state index in [1.807, 2.05) is 13.0 Å². The lowest BCUT2D eigenvalue weighted by molar-refractivity contribution is 0.0696. The molecule has 0 unspecified atom stereocenters. The van der Waals surface area contributed by atoms with Crippen LogP contribution in [0, 0.1) is 0 Å². The summed E-state index contributed by atoms with van der Waals surface area (Å²) in [6.45, 7) is 3.17. The number of rotatable bonds is 4. The van der Waals surface area contributed by atoms with E-state index in [4.69, 9.17) is 9.52 Å². The van der Waals surface area contributed by atoms with E-state index in [0.717, 1.165) is 6.54 Å². The summed E-state index contributed by atoms with van der Waals surface area (Å²) in [6.07, 6.45) is 0. The van der Waals surface area contributed by atoms with E-state index in [-0.39, 0.29) is 5.56 Å². The molecule has 0 saturated carbocycles. The van der Waals surface area contributed by atoms with Gasteiger partial charge in [-0.15, -0.1) is 0 Å². The van der Waals surface area contributed by atoms with Crippen LogP contribution in [-0.2, 0) is 6.54 Å². The Labute approximate surface area is 92.9 Å². The molecule has 2 aromatic rings. The lowest BCUT2D eigenvalue weighted by Gasteiger charge is -1.98. The molecule has 0 amide bonds. The minimum Gasteiger partial charge on any atom is -0.478 e. The molecule has 84 valence electrons. The fraction of sp³-hybridized carbons (Fsp3) is 0.250. The van der Waals surface area contributed by atoms with Gasteiger partial charge in [-0.2, -0.15) is 0 Å². The van der Waals surface area contributed by atoms with Crippen molar-refractivity contribution in [2.75, 3.05) is 6.54 Å². The van der Waals surface area contributed by atoms with Crippen LogP contribution in [0.25, 0.3) is 11.0 Å². The van der Waals surface area contributed by atoms with Gasteiger partial charge in [0.2, 0.25) is 0 Å². The van der Waals surface area contributed by atoms with Gasteiger partial charge >= 0.3 is 5.97 Å². The van der Waals surface area contributed by atoms with Crippen molar-refractivity contribution in [3.05, 3.63) is 35.6 Å². The highest BCUT2D eigenvalue weighted by Crippen LogP contribution is 2.25.